The lowest BCUT2D eigenvalue weighted by Gasteiger charge is -2.33. The Morgan fingerprint density at radius 2 is 2.12 bits per heavy atom. The van der Waals surface area contributed by atoms with Crippen LogP contribution in [0.2, 0.25) is 0 Å². The number of hydrogen-bond donors (Lipinski definition) is 1. The number of aryl methyl sites for hydroxylation is 1. The molecule has 128 valence electrons. The molecular formula is C18H24N4O2. The summed E-state index contributed by atoms with van der Waals surface area (Å²) in [6.45, 7) is 2.11. The first-order chi connectivity index (χ1) is 11.6. The van der Waals surface area contributed by atoms with Crippen LogP contribution in [0.3, 0.4) is 0 Å². The number of aromatic nitrogens is 2. The Bertz CT molecular complexity index is 681. The molecule has 6 nitrogen and oxygen atoms in total. The van der Waals surface area contributed by atoms with Gasteiger partial charge in [-0.1, -0.05) is 18.6 Å². The number of piperidine rings is 1. The highest BCUT2D eigenvalue weighted by atomic mass is 16.5. The van der Waals surface area contributed by atoms with Crippen molar-refractivity contribution in [3.05, 3.63) is 48.0 Å². The van der Waals surface area contributed by atoms with Crippen molar-refractivity contribution in [2.24, 2.45) is 12.8 Å². The number of benzene rings is 1. The van der Waals surface area contributed by atoms with Crippen molar-refractivity contribution in [2.75, 3.05) is 6.54 Å². The van der Waals surface area contributed by atoms with Crippen LogP contribution in [0, 0.1) is 0 Å². The number of carbonyl (C=O) groups excluding carboxylic acids is 1. The molecule has 1 amide bonds. The number of nitrogens with zero attached hydrogens (tertiary/aromatic N) is 3. The summed E-state index contributed by atoms with van der Waals surface area (Å²) in [7, 11) is 1.95. The minimum Gasteiger partial charge on any atom is -0.486 e. The van der Waals surface area contributed by atoms with E-state index in [4.69, 9.17) is 10.5 Å². The number of primary amides is 1. The van der Waals surface area contributed by atoms with E-state index in [2.05, 4.69) is 9.88 Å². The fourth-order valence-corrected chi connectivity index (χ4v) is 3.11. The summed E-state index contributed by atoms with van der Waals surface area (Å²) < 4.78 is 7.70. The molecule has 1 aromatic heterocycles. The minimum absolute atomic E-state index is 0.141. The van der Waals surface area contributed by atoms with Crippen LogP contribution in [0.1, 0.15) is 30.7 Å². The van der Waals surface area contributed by atoms with Crippen LogP contribution in [0.4, 0.5) is 0 Å². The molecule has 2 aromatic rings. The van der Waals surface area contributed by atoms with Gasteiger partial charge in [0.05, 0.1) is 6.04 Å². The minimum atomic E-state index is -0.218. The fourth-order valence-electron chi connectivity index (χ4n) is 3.11. The zero-order chi connectivity index (χ0) is 16.9. The number of amides is 1. The van der Waals surface area contributed by atoms with E-state index in [0.717, 1.165) is 49.5 Å². The van der Waals surface area contributed by atoms with Crippen LogP contribution in [-0.2, 0) is 25.0 Å². The molecule has 3 rings (SSSR count). The van der Waals surface area contributed by atoms with E-state index in [-0.39, 0.29) is 11.9 Å². The average Bonchev–Trinajstić information content (AvgIpc) is 3.00. The van der Waals surface area contributed by atoms with Crippen molar-refractivity contribution >= 4 is 5.91 Å². The van der Waals surface area contributed by atoms with Gasteiger partial charge in [0.2, 0.25) is 5.91 Å². The lowest BCUT2D eigenvalue weighted by molar-refractivity contribution is -0.124. The molecule has 0 aliphatic carbocycles. The molecule has 1 aromatic carbocycles. The molecule has 6 heteroatoms. The van der Waals surface area contributed by atoms with Gasteiger partial charge in [0.25, 0.3) is 0 Å². The summed E-state index contributed by atoms with van der Waals surface area (Å²) in [5.74, 6) is 1.48. The lowest BCUT2D eigenvalue weighted by Crippen LogP contribution is -2.47. The zero-order valence-corrected chi connectivity index (χ0v) is 14.0. The van der Waals surface area contributed by atoms with Gasteiger partial charge in [-0.05, 0) is 37.1 Å². The average molecular weight is 328 g/mol. The van der Waals surface area contributed by atoms with E-state index >= 15 is 0 Å². The molecule has 2 heterocycles. The topological polar surface area (TPSA) is 73.4 Å². The Labute approximate surface area is 142 Å². The maximum atomic E-state index is 11.6. The molecule has 1 saturated heterocycles. The highest BCUT2D eigenvalue weighted by Crippen LogP contribution is 2.21. The van der Waals surface area contributed by atoms with Gasteiger partial charge in [0, 0.05) is 26.0 Å². The van der Waals surface area contributed by atoms with Gasteiger partial charge in [0.15, 0.2) is 0 Å². The molecule has 1 aliphatic rings. The summed E-state index contributed by atoms with van der Waals surface area (Å²) in [6, 6.07) is 7.86. The summed E-state index contributed by atoms with van der Waals surface area (Å²) in [6.07, 6.45) is 6.71. The normalized spacial score (nSPS) is 18.5. The molecule has 0 spiro atoms. The predicted octanol–water partition coefficient (Wildman–Crippen LogP) is 1.84. The Kier molecular flexibility index (Phi) is 5.15. The van der Waals surface area contributed by atoms with Crippen molar-refractivity contribution in [3.63, 3.8) is 0 Å². The van der Waals surface area contributed by atoms with Crippen LogP contribution in [0.5, 0.6) is 5.75 Å². The molecule has 1 fully saturated rings. The molecule has 2 N–H and O–H groups in total. The Hall–Kier alpha value is -2.34. The monoisotopic (exact) mass is 328 g/mol. The lowest BCUT2D eigenvalue weighted by atomic mass is 10.0. The van der Waals surface area contributed by atoms with Crippen molar-refractivity contribution in [2.45, 2.75) is 38.5 Å². The van der Waals surface area contributed by atoms with Crippen molar-refractivity contribution in [3.8, 4) is 5.75 Å². The second-order valence-corrected chi connectivity index (χ2v) is 6.27. The fraction of sp³-hybridized carbons (Fsp3) is 0.444. The summed E-state index contributed by atoms with van der Waals surface area (Å²) >= 11 is 0. The third-order valence-electron chi connectivity index (χ3n) is 4.54. The Morgan fingerprint density at radius 1 is 1.33 bits per heavy atom. The second kappa shape index (κ2) is 7.49. The van der Waals surface area contributed by atoms with Crippen LogP contribution < -0.4 is 10.5 Å². The van der Waals surface area contributed by atoms with Gasteiger partial charge in [-0.2, -0.15) is 0 Å². The Balaban J connectivity index is 1.58. The molecule has 1 unspecified atom stereocenters. The van der Waals surface area contributed by atoms with Crippen molar-refractivity contribution in [1.82, 2.24) is 14.5 Å². The largest absolute Gasteiger partial charge is 0.486 e. The number of imidazole rings is 1. The van der Waals surface area contributed by atoms with E-state index in [0.29, 0.717) is 6.61 Å². The molecule has 0 radical (unpaired) electrons. The third-order valence-corrected chi connectivity index (χ3v) is 4.54. The van der Waals surface area contributed by atoms with Gasteiger partial charge < -0.3 is 15.0 Å². The second-order valence-electron chi connectivity index (χ2n) is 6.27. The van der Waals surface area contributed by atoms with Gasteiger partial charge in [0.1, 0.15) is 18.2 Å². The van der Waals surface area contributed by atoms with Crippen LogP contribution in [-0.4, -0.2) is 32.9 Å². The first kappa shape index (κ1) is 16.5. The van der Waals surface area contributed by atoms with E-state index in [1.165, 1.54) is 0 Å². The summed E-state index contributed by atoms with van der Waals surface area (Å²) in [5.41, 5.74) is 6.68. The quantitative estimate of drug-likeness (QED) is 0.878. The summed E-state index contributed by atoms with van der Waals surface area (Å²) in [5, 5.41) is 0. The molecule has 1 aliphatic heterocycles. The molecule has 0 bridgehead atoms. The highest BCUT2D eigenvalue weighted by Gasteiger charge is 2.26. The maximum absolute atomic E-state index is 11.6. The molecule has 0 saturated carbocycles. The number of rotatable bonds is 6. The van der Waals surface area contributed by atoms with E-state index in [1.807, 2.05) is 42.1 Å². The number of hydrogen-bond acceptors (Lipinski definition) is 4. The zero-order valence-electron chi connectivity index (χ0n) is 14.0. The SMILES string of the molecule is Cn1ccnc1COc1ccc(CN2CCCCC2C(N)=O)cc1. The maximum Gasteiger partial charge on any atom is 0.234 e. The number of ether oxygens (including phenoxy) is 1. The number of nitrogens with two attached hydrogens (primary N) is 1. The smallest absolute Gasteiger partial charge is 0.234 e. The number of likely N-dealkylation sites (tertiary alicyclic amines) is 1. The van der Waals surface area contributed by atoms with Crippen molar-refractivity contribution in [1.29, 1.82) is 0 Å². The first-order valence-corrected chi connectivity index (χ1v) is 8.35. The van der Waals surface area contributed by atoms with Gasteiger partial charge >= 0.3 is 0 Å². The molecule has 24 heavy (non-hydrogen) atoms. The van der Waals surface area contributed by atoms with E-state index < -0.39 is 0 Å². The summed E-state index contributed by atoms with van der Waals surface area (Å²) in [4.78, 5) is 18.0. The molecule has 1 atom stereocenters. The van der Waals surface area contributed by atoms with Crippen molar-refractivity contribution < 1.29 is 9.53 Å². The number of carbonyl (C=O) groups is 1. The predicted molar refractivity (Wildman–Crippen MR) is 91.2 cm³/mol. The Morgan fingerprint density at radius 3 is 2.79 bits per heavy atom. The van der Waals surface area contributed by atoms with Gasteiger partial charge in [-0.25, -0.2) is 4.98 Å². The highest BCUT2D eigenvalue weighted by molar-refractivity contribution is 5.79. The molecular weight excluding hydrogens is 304 g/mol. The van der Waals surface area contributed by atoms with Gasteiger partial charge in [-0.3, -0.25) is 9.69 Å². The van der Waals surface area contributed by atoms with E-state index in [1.54, 1.807) is 6.20 Å². The van der Waals surface area contributed by atoms with Crippen LogP contribution in [0.25, 0.3) is 0 Å². The standard InChI is InChI=1S/C18H24N4O2/c1-21-11-9-20-17(21)13-24-15-7-5-14(6-8-15)12-22-10-3-2-4-16(22)18(19)23/h5-9,11,16H,2-4,10,12-13H2,1H3,(H2,19,23). The van der Waals surface area contributed by atoms with Gasteiger partial charge in [-0.15, -0.1) is 0 Å². The first-order valence-electron chi connectivity index (χ1n) is 8.35. The van der Waals surface area contributed by atoms with E-state index in [9.17, 15) is 4.79 Å². The van der Waals surface area contributed by atoms with Crippen LogP contribution >= 0.6 is 0 Å². The third kappa shape index (κ3) is 3.94. The van der Waals surface area contributed by atoms with Crippen LogP contribution in [0.15, 0.2) is 36.7 Å².